The third-order valence-electron chi connectivity index (χ3n) is 8.30. The normalized spacial score (nSPS) is 49.8. The van der Waals surface area contributed by atoms with Gasteiger partial charge in [-0.2, -0.15) is 0 Å². The molecule has 0 spiro atoms. The second kappa shape index (κ2) is 5.78. The van der Waals surface area contributed by atoms with E-state index in [0.717, 1.165) is 0 Å². The number of carbonyl (C=O) groups excluding carboxylic acids is 2. The lowest BCUT2D eigenvalue weighted by Crippen LogP contribution is -2.65. The number of hydrogen-bond donors (Lipinski definition) is 4. The van der Waals surface area contributed by atoms with Crippen LogP contribution in [-0.4, -0.2) is 61.7 Å². The number of aliphatic hydroxyl groups excluding tert-OH is 1. The summed E-state index contributed by atoms with van der Waals surface area (Å²) in [6, 6.07) is 0. The van der Waals surface area contributed by atoms with Gasteiger partial charge in [0.15, 0.2) is 5.78 Å². The Kier molecular flexibility index (Phi) is 4.13. The summed E-state index contributed by atoms with van der Waals surface area (Å²) in [5.74, 6) is -3.83. The standard InChI is InChI=1S/C22H30O7/c1-10-6-15-20(26,17(10)25)8-13(9-23)7-14-16-19(4,5)22(16,28)18(29-12(3)24)11(2)21(14,15)27/h6-7,11,14-16,18,23,26-28H,8-9H2,1-5H3/t11-,14+,15-,16-,18-,20+,21-,22-/m1/s1. The molecule has 4 N–H and O–H groups in total. The van der Waals surface area contributed by atoms with Gasteiger partial charge in [-0.05, 0) is 18.1 Å². The van der Waals surface area contributed by atoms with Crippen molar-refractivity contribution in [1.82, 2.24) is 0 Å². The number of hydrogen-bond acceptors (Lipinski definition) is 7. The minimum Gasteiger partial charge on any atom is -0.459 e. The van der Waals surface area contributed by atoms with Gasteiger partial charge in [-0.25, -0.2) is 0 Å². The average Bonchev–Trinajstić information content (AvgIpc) is 3.02. The van der Waals surface area contributed by atoms with Crippen LogP contribution in [0.3, 0.4) is 0 Å². The molecular weight excluding hydrogens is 376 g/mol. The van der Waals surface area contributed by atoms with Crippen molar-refractivity contribution in [2.75, 3.05) is 6.61 Å². The first-order valence-corrected chi connectivity index (χ1v) is 10.2. The molecule has 4 aliphatic carbocycles. The van der Waals surface area contributed by atoms with E-state index in [0.29, 0.717) is 11.1 Å². The Hall–Kier alpha value is -1.54. The van der Waals surface area contributed by atoms with Crippen LogP contribution in [0.15, 0.2) is 23.3 Å². The highest BCUT2D eigenvalue weighted by atomic mass is 16.6. The highest BCUT2D eigenvalue weighted by Gasteiger charge is 2.85. The number of Topliss-reactive ketones (excluding diaryl/α,β-unsaturated/α-hetero) is 1. The fourth-order valence-electron chi connectivity index (χ4n) is 6.79. The molecule has 4 rings (SSSR count). The number of fused-ring (bicyclic) bond motifs is 5. The predicted molar refractivity (Wildman–Crippen MR) is 102 cm³/mol. The summed E-state index contributed by atoms with van der Waals surface area (Å²) in [6.45, 7) is 7.90. The zero-order valence-corrected chi connectivity index (χ0v) is 17.5. The predicted octanol–water partition coefficient (Wildman–Crippen LogP) is 0.501. The lowest BCUT2D eigenvalue weighted by atomic mass is 9.59. The number of ketones is 1. The van der Waals surface area contributed by atoms with E-state index in [1.807, 2.05) is 13.8 Å². The summed E-state index contributed by atoms with van der Waals surface area (Å²) < 4.78 is 5.53. The van der Waals surface area contributed by atoms with Crippen LogP contribution in [0.2, 0.25) is 0 Å². The molecule has 0 aromatic rings. The van der Waals surface area contributed by atoms with Crippen molar-refractivity contribution >= 4 is 11.8 Å². The minimum absolute atomic E-state index is 0.0871. The zero-order valence-electron chi connectivity index (χ0n) is 17.5. The van der Waals surface area contributed by atoms with Gasteiger partial charge in [0.25, 0.3) is 0 Å². The Balaban J connectivity index is 1.95. The molecule has 0 aliphatic heterocycles. The summed E-state index contributed by atoms with van der Waals surface area (Å²) in [4.78, 5) is 24.7. The van der Waals surface area contributed by atoms with Crippen LogP contribution < -0.4 is 0 Å². The van der Waals surface area contributed by atoms with Gasteiger partial charge < -0.3 is 25.2 Å². The summed E-state index contributed by atoms with van der Waals surface area (Å²) in [5.41, 5.74) is -4.74. The quantitative estimate of drug-likeness (QED) is 0.389. The fourth-order valence-corrected chi connectivity index (χ4v) is 6.79. The molecule has 0 radical (unpaired) electrons. The van der Waals surface area contributed by atoms with E-state index in [9.17, 15) is 30.0 Å². The van der Waals surface area contributed by atoms with Crippen LogP contribution in [0.5, 0.6) is 0 Å². The second-order valence-corrected chi connectivity index (χ2v) is 10.00. The minimum atomic E-state index is -1.88. The Morgan fingerprint density at radius 2 is 1.86 bits per heavy atom. The van der Waals surface area contributed by atoms with Crippen molar-refractivity contribution in [3.63, 3.8) is 0 Å². The zero-order chi connectivity index (χ0) is 21.7. The van der Waals surface area contributed by atoms with Gasteiger partial charge in [-0.3, -0.25) is 9.59 Å². The van der Waals surface area contributed by atoms with Crippen molar-refractivity contribution in [3.05, 3.63) is 23.3 Å². The SMILES string of the molecule is CC(=O)O[C@@H]1[C@@H](C)[C@@]2(O)[C@@H](C=C(CO)C[C@@]3(O)C(=O)C(C)=C[C@@H]23)[C@@H]2C(C)(C)[C@]12O. The Morgan fingerprint density at radius 3 is 2.41 bits per heavy atom. The number of rotatable bonds is 2. The van der Waals surface area contributed by atoms with E-state index in [1.165, 1.54) is 6.92 Å². The average molecular weight is 406 g/mol. The van der Waals surface area contributed by atoms with E-state index < -0.39 is 63.7 Å². The molecule has 0 heterocycles. The monoisotopic (exact) mass is 406 g/mol. The van der Waals surface area contributed by atoms with Crippen molar-refractivity contribution in [3.8, 4) is 0 Å². The molecule has 0 unspecified atom stereocenters. The Morgan fingerprint density at radius 1 is 1.24 bits per heavy atom. The molecule has 8 atom stereocenters. The van der Waals surface area contributed by atoms with E-state index in [2.05, 4.69) is 0 Å². The van der Waals surface area contributed by atoms with Crippen LogP contribution in [0, 0.1) is 29.1 Å². The fraction of sp³-hybridized carbons (Fsp3) is 0.727. The number of esters is 1. The van der Waals surface area contributed by atoms with Crippen LogP contribution in [0.25, 0.3) is 0 Å². The van der Waals surface area contributed by atoms with Gasteiger partial charge in [0.05, 0.1) is 12.2 Å². The van der Waals surface area contributed by atoms with Gasteiger partial charge in [-0.1, -0.05) is 32.9 Å². The van der Waals surface area contributed by atoms with Crippen LogP contribution in [0.4, 0.5) is 0 Å². The van der Waals surface area contributed by atoms with E-state index >= 15 is 0 Å². The van der Waals surface area contributed by atoms with Crippen molar-refractivity contribution in [1.29, 1.82) is 0 Å². The molecule has 29 heavy (non-hydrogen) atoms. The summed E-state index contributed by atoms with van der Waals surface area (Å²) in [5, 5.41) is 45.0. The third kappa shape index (κ3) is 2.22. The molecule has 2 saturated carbocycles. The molecule has 4 aliphatic rings. The molecule has 0 saturated heterocycles. The number of aliphatic hydroxyl groups is 4. The molecule has 0 bridgehead atoms. The van der Waals surface area contributed by atoms with Crippen LogP contribution in [0.1, 0.15) is 41.0 Å². The third-order valence-corrected chi connectivity index (χ3v) is 8.30. The van der Waals surface area contributed by atoms with Crippen molar-refractivity contribution < 1.29 is 34.8 Å². The summed E-state index contributed by atoms with van der Waals surface area (Å²) in [6.07, 6.45) is 2.25. The van der Waals surface area contributed by atoms with Crippen molar-refractivity contribution in [2.24, 2.45) is 29.1 Å². The van der Waals surface area contributed by atoms with Gasteiger partial charge in [0.2, 0.25) is 0 Å². The molecule has 7 heteroatoms. The summed E-state index contributed by atoms with van der Waals surface area (Å²) in [7, 11) is 0. The van der Waals surface area contributed by atoms with E-state index in [-0.39, 0.29) is 13.0 Å². The lowest BCUT2D eigenvalue weighted by molar-refractivity contribution is -0.220. The second-order valence-electron chi connectivity index (χ2n) is 10.00. The Bertz CT molecular complexity index is 857. The molecule has 0 aromatic heterocycles. The number of ether oxygens (including phenoxy) is 1. The summed E-state index contributed by atoms with van der Waals surface area (Å²) >= 11 is 0. The lowest BCUT2D eigenvalue weighted by Gasteiger charge is -2.52. The maximum Gasteiger partial charge on any atom is 0.303 e. The molecule has 160 valence electrons. The van der Waals surface area contributed by atoms with Gasteiger partial charge >= 0.3 is 5.97 Å². The first-order valence-electron chi connectivity index (χ1n) is 10.2. The molecule has 2 fully saturated rings. The first kappa shape index (κ1) is 20.7. The Labute approximate surface area is 170 Å². The highest BCUT2D eigenvalue weighted by molar-refractivity contribution is 6.04. The molecular formula is C22H30O7. The topological polar surface area (TPSA) is 124 Å². The maximum atomic E-state index is 12.9. The van der Waals surface area contributed by atoms with Crippen molar-refractivity contribution in [2.45, 2.75) is 63.9 Å². The van der Waals surface area contributed by atoms with Crippen LogP contribution >= 0.6 is 0 Å². The van der Waals surface area contributed by atoms with Gasteiger partial charge in [0, 0.05) is 42.4 Å². The first-order chi connectivity index (χ1) is 13.3. The van der Waals surface area contributed by atoms with Crippen LogP contribution in [-0.2, 0) is 14.3 Å². The molecule has 0 aromatic carbocycles. The van der Waals surface area contributed by atoms with Gasteiger partial charge in [-0.15, -0.1) is 0 Å². The largest absolute Gasteiger partial charge is 0.459 e. The highest BCUT2D eigenvalue weighted by Crippen LogP contribution is 2.75. The smallest absolute Gasteiger partial charge is 0.303 e. The molecule has 0 amide bonds. The van der Waals surface area contributed by atoms with Gasteiger partial charge in [0.1, 0.15) is 17.3 Å². The van der Waals surface area contributed by atoms with E-state index in [4.69, 9.17) is 4.74 Å². The molecule has 7 nitrogen and oxygen atoms in total. The van der Waals surface area contributed by atoms with E-state index in [1.54, 1.807) is 26.0 Å². The maximum absolute atomic E-state index is 12.9. The number of carbonyl (C=O) groups is 2.